The topological polar surface area (TPSA) is 119 Å². The average molecular weight is 460 g/mol. The molecule has 0 spiro atoms. The van der Waals surface area contributed by atoms with Crippen molar-refractivity contribution in [2.24, 2.45) is 0 Å². The van der Waals surface area contributed by atoms with Crippen LogP contribution in [0.5, 0.6) is 0 Å². The van der Waals surface area contributed by atoms with Crippen LogP contribution < -0.4 is 5.32 Å². The average Bonchev–Trinajstić information content (AvgIpc) is 3.14. The first kappa shape index (κ1) is 23.1. The zero-order valence-electron chi connectivity index (χ0n) is 19.1. The van der Waals surface area contributed by atoms with Crippen molar-refractivity contribution in [1.29, 1.82) is 0 Å². The molecule has 0 fully saturated rings. The van der Waals surface area contributed by atoms with Gasteiger partial charge < -0.3 is 14.4 Å². The maximum absolute atomic E-state index is 13.1. The number of anilines is 1. The summed E-state index contributed by atoms with van der Waals surface area (Å²) in [5.41, 5.74) is 2.82. The summed E-state index contributed by atoms with van der Waals surface area (Å²) in [5, 5.41) is 13.3. The zero-order chi connectivity index (χ0) is 24.3. The van der Waals surface area contributed by atoms with Gasteiger partial charge in [0.05, 0.1) is 42.4 Å². The van der Waals surface area contributed by atoms with Crippen LogP contribution in [0.2, 0.25) is 0 Å². The molecule has 0 saturated heterocycles. The fraction of sp³-hybridized carbons (Fsp3) is 0.240. The number of pyridine rings is 2. The minimum Gasteiger partial charge on any atom is -0.469 e. The number of methoxy groups -OCH3 is 1. The highest BCUT2D eigenvalue weighted by Gasteiger charge is 2.21. The molecular formula is C25H25N5O4. The third kappa shape index (κ3) is 5.26. The molecule has 4 rings (SSSR count). The summed E-state index contributed by atoms with van der Waals surface area (Å²) < 4.78 is 6.49. The van der Waals surface area contributed by atoms with E-state index >= 15 is 0 Å². The van der Waals surface area contributed by atoms with E-state index in [1.165, 1.54) is 7.11 Å². The first-order chi connectivity index (χ1) is 16.2. The molecule has 9 heteroatoms. The number of rotatable bonds is 7. The van der Waals surface area contributed by atoms with Crippen molar-refractivity contribution >= 4 is 28.9 Å². The van der Waals surface area contributed by atoms with Gasteiger partial charge in [0.25, 0.3) is 5.91 Å². The van der Waals surface area contributed by atoms with Crippen LogP contribution in [0.3, 0.4) is 0 Å². The van der Waals surface area contributed by atoms with Gasteiger partial charge in [-0.15, -0.1) is 0 Å². The molecular weight excluding hydrogens is 434 g/mol. The van der Waals surface area contributed by atoms with Crippen molar-refractivity contribution in [2.45, 2.75) is 32.4 Å². The van der Waals surface area contributed by atoms with Crippen molar-refractivity contribution in [3.63, 3.8) is 0 Å². The summed E-state index contributed by atoms with van der Waals surface area (Å²) in [4.78, 5) is 37.8. The van der Waals surface area contributed by atoms with Crippen molar-refractivity contribution < 1.29 is 19.4 Å². The van der Waals surface area contributed by atoms with Gasteiger partial charge >= 0.3 is 5.97 Å². The molecule has 0 bridgehead atoms. The fourth-order valence-corrected chi connectivity index (χ4v) is 3.58. The molecule has 2 N–H and O–H groups in total. The zero-order valence-corrected chi connectivity index (χ0v) is 19.1. The number of aromatic nitrogens is 4. The van der Waals surface area contributed by atoms with Crippen LogP contribution in [-0.4, -0.2) is 49.2 Å². The van der Waals surface area contributed by atoms with Gasteiger partial charge in [0.1, 0.15) is 0 Å². The van der Waals surface area contributed by atoms with Crippen LogP contribution in [0.4, 0.5) is 5.95 Å². The Kier molecular flexibility index (Phi) is 6.38. The summed E-state index contributed by atoms with van der Waals surface area (Å²) >= 11 is 0. The summed E-state index contributed by atoms with van der Waals surface area (Å²) in [7, 11) is 1.34. The number of carbonyl (C=O) groups is 2. The molecule has 3 heterocycles. The summed E-state index contributed by atoms with van der Waals surface area (Å²) in [5.74, 6) is -0.433. The number of esters is 1. The van der Waals surface area contributed by atoms with Gasteiger partial charge in [-0.1, -0.05) is 6.07 Å². The van der Waals surface area contributed by atoms with Gasteiger partial charge in [-0.05, 0) is 55.8 Å². The van der Waals surface area contributed by atoms with E-state index in [-0.39, 0.29) is 30.8 Å². The molecule has 3 aromatic heterocycles. The first-order valence-corrected chi connectivity index (χ1v) is 10.7. The number of nitrogens with zero attached hydrogens (tertiary/aromatic N) is 4. The number of amides is 1. The minimum absolute atomic E-state index is 0.112. The lowest BCUT2D eigenvalue weighted by Crippen LogP contribution is -2.27. The van der Waals surface area contributed by atoms with Crippen molar-refractivity contribution in [3.05, 3.63) is 72.2 Å². The van der Waals surface area contributed by atoms with E-state index in [1.54, 1.807) is 67.3 Å². The molecule has 1 amide bonds. The third-order valence-corrected chi connectivity index (χ3v) is 5.14. The summed E-state index contributed by atoms with van der Waals surface area (Å²) in [6.07, 6.45) is 5.03. The van der Waals surface area contributed by atoms with Gasteiger partial charge in [0.15, 0.2) is 0 Å². The second-order valence-corrected chi connectivity index (χ2v) is 8.54. The quantitative estimate of drug-likeness (QED) is 0.407. The summed E-state index contributed by atoms with van der Waals surface area (Å²) in [6, 6.07) is 12.4. The van der Waals surface area contributed by atoms with E-state index in [2.05, 4.69) is 20.3 Å². The lowest BCUT2D eigenvalue weighted by molar-refractivity contribution is -0.139. The van der Waals surface area contributed by atoms with Gasteiger partial charge in [-0.25, -0.2) is 4.98 Å². The number of carbonyl (C=O) groups excluding carboxylic acids is 2. The maximum atomic E-state index is 13.1. The Morgan fingerprint density at radius 2 is 1.97 bits per heavy atom. The molecule has 34 heavy (non-hydrogen) atoms. The van der Waals surface area contributed by atoms with Gasteiger partial charge in [0, 0.05) is 29.7 Å². The monoisotopic (exact) mass is 459 g/mol. The fourth-order valence-electron chi connectivity index (χ4n) is 3.58. The number of nitrogens with one attached hydrogen (secondary N) is 1. The van der Waals surface area contributed by atoms with Gasteiger partial charge in [0.2, 0.25) is 5.95 Å². The van der Waals surface area contributed by atoms with E-state index in [0.717, 1.165) is 16.6 Å². The highest BCUT2D eigenvalue weighted by Crippen LogP contribution is 2.25. The Hall–Kier alpha value is -4.11. The van der Waals surface area contributed by atoms with E-state index < -0.39 is 5.60 Å². The predicted molar refractivity (Wildman–Crippen MR) is 127 cm³/mol. The van der Waals surface area contributed by atoms with Crippen LogP contribution in [0.1, 0.15) is 29.8 Å². The van der Waals surface area contributed by atoms with E-state index in [4.69, 9.17) is 4.74 Å². The molecule has 0 aliphatic heterocycles. The molecule has 174 valence electrons. The maximum Gasteiger partial charge on any atom is 0.309 e. The molecule has 0 saturated carbocycles. The van der Waals surface area contributed by atoms with Gasteiger partial charge in [-0.3, -0.25) is 24.9 Å². The molecule has 4 aromatic rings. The molecule has 1 aromatic carbocycles. The van der Waals surface area contributed by atoms with E-state index in [0.29, 0.717) is 16.8 Å². The van der Waals surface area contributed by atoms with Crippen molar-refractivity contribution in [3.8, 4) is 11.3 Å². The predicted octanol–water partition coefficient (Wildman–Crippen LogP) is 3.23. The Bertz CT molecular complexity index is 1340. The normalized spacial score (nSPS) is 11.4. The molecule has 0 atom stereocenters. The first-order valence-electron chi connectivity index (χ1n) is 10.7. The standard InChI is InChI=1S/C25H25N5O4/c1-25(2,33)15-30-21-7-6-16(12-22(31)34-3)11-20(21)28-24(30)29-23(32)17-8-10-27-19(13-17)18-5-4-9-26-14-18/h4-11,13-14,33H,12,15H2,1-3H3,(H,28,29,32). The number of ether oxygens (including phenoxy) is 1. The number of fused-ring (bicyclic) bond motifs is 1. The largest absolute Gasteiger partial charge is 0.469 e. The van der Waals surface area contributed by atoms with E-state index in [9.17, 15) is 14.7 Å². The second-order valence-electron chi connectivity index (χ2n) is 8.54. The smallest absolute Gasteiger partial charge is 0.309 e. The molecule has 9 nitrogen and oxygen atoms in total. The SMILES string of the molecule is COC(=O)Cc1ccc2c(c1)nc(NC(=O)c1ccnc(-c3cccnc3)c1)n2CC(C)(C)O. The van der Waals surface area contributed by atoms with Crippen molar-refractivity contribution in [1.82, 2.24) is 19.5 Å². The Morgan fingerprint density at radius 3 is 2.68 bits per heavy atom. The summed E-state index contributed by atoms with van der Waals surface area (Å²) in [6.45, 7) is 3.56. The third-order valence-electron chi connectivity index (χ3n) is 5.14. The molecule has 0 aliphatic rings. The Balaban J connectivity index is 1.68. The van der Waals surface area contributed by atoms with Crippen LogP contribution in [0.15, 0.2) is 61.1 Å². The van der Waals surface area contributed by atoms with Crippen LogP contribution in [0.25, 0.3) is 22.3 Å². The van der Waals surface area contributed by atoms with Gasteiger partial charge in [-0.2, -0.15) is 0 Å². The Labute approximate surface area is 196 Å². The number of hydrogen-bond donors (Lipinski definition) is 2. The highest BCUT2D eigenvalue weighted by atomic mass is 16.5. The van der Waals surface area contributed by atoms with Crippen molar-refractivity contribution in [2.75, 3.05) is 12.4 Å². The molecule has 0 aliphatic carbocycles. The minimum atomic E-state index is -1.05. The lowest BCUT2D eigenvalue weighted by atomic mass is 10.1. The second kappa shape index (κ2) is 9.40. The van der Waals surface area contributed by atoms with Crippen LogP contribution >= 0.6 is 0 Å². The number of benzene rings is 1. The number of hydrogen-bond acceptors (Lipinski definition) is 7. The Morgan fingerprint density at radius 1 is 1.15 bits per heavy atom. The highest BCUT2D eigenvalue weighted by molar-refractivity contribution is 6.04. The molecule has 0 radical (unpaired) electrons. The lowest BCUT2D eigenvalue weighted by Gasteiger charge is -2.20. The number of aliphatic hydroxyl groups is 1. The molecule has 0 unspecified atom stereocenters. The van der Waals surface area contributed by atoms with Crippen LogP contribution in [-0.2, 0) is 22.5 Å². The van der Waals surface area contributed by atoms with Crippen LogP contribution in [0, 0.1) is 0 Å². The number of imidazole rings is 1. The van der Waals surface area contributed by atoms with E-state index in [1.807, 2.05) is 12.1 Å².